The first-order chi connectivity index (χ1) is 4.34. The van der Waals surface area contributed by atoms with Crippen molar-refractivity contribution in [1.82, 2.24) is 4.90 Å². The van der Waals surface area contributed by atoms with Crippen molar-refractivity contribution in [2.45, 2.75) is 12.8 Å². The molecule has 1 amide bonds. The van der Waals surface area contributed by atoms with Crippen LogP contribution in [0.3, 0.4) is 0 Å². The highest BCUT2D eigenvalue weighted by Gasteiger charge is 2.18. The summed E-state index contributed by atoms with van der Waals surface area (Å²) in [6.45, 7) is 1.93. The van der Waals surface area contributed by atoms with Crippen molar-refractivity contribution in [2.75, 3.05) is 18.8 Å². The van der Waals surface area contributed by atoms with Crippen LogP contribution < -0.4 is 0 Å². The molecule has 0 aliphatic carbocycles. The molecular weight excluding hydrogens is 134 g/mol. The predicted molar refractivity (Wildman–Crippen MR) is 39.7 cm³/mol. The van der Waals surface area contributed by atoms with Gasteiger partial charge in [0.1, 0.15) is 0 Å². The first-order valence-corrected chi connectivity index (χ1v) is 3.86. The molecule has 52 valence electrons. The van der Waals surface area contributed by atoms with Crippen molar-refractivity contribution < 1.29 is 4.79 Å². The molecule has 3 heteroatoms. The van der Waals surface area contributed by atoms with Gasteiger partial charge in [-0.3, -0.25) is 4.79 Å². The topological polar surface area (TPSA) is 20.3 Å². The quantitative estimate of drug-likeness (QED) is 0.562. The summed E-state index contributed by atoms with van der Waals surface area (Å²) in [5.74, 6) is 0.936. The van der Waals surface area contributed by atoms with Gasteiger partial charge in [-0.15, -0.1) is 0 Å². The van der Waals surface area contributed by atoms with Crippen LogP contribution in [0.5, 0.6) is 0 Å². The molecule has 0 aromatic heterocycles. The van der Waals surface area contributed by atoms with Gasteiger partial charge in [-0.1, -0.05) is 0 Å². The molecule has 0 N–H and O–H groups in total. The molecule has 0 bridgehead atoms. The average Bonchev–Trinajstić information content (AvgIpc) is 1.60. The molecule has 1 aliphatic heterocycles. The van der Waals surface area contributed by atoms with E-state index in [-0.39, 0.29) is 5.91 Å². The highest BCUT2D eigenvalue weighted by Crippen LogP contribution is 2.07. The number of rotatable bonds is 2. The van der Waals surface area contributed by atoms with E-state index in [4.69, 9.17) is 0 Å². The first kappa shape index (κ1) is 6.93. The van der Waals surface area contributed by atoms with Crippen LogP contribution in [0.1, 0.15) is 12.8 Å². The van der Waals surface area contributed by atoms with E-state index in [9.17, 15) is 4.79 Å². The second kappa shape index (κ2) is 3.11. The zero-order valence-electron chi connectivity index (χ0n) is 5.34. The van der Waals surface area contributed by atoms with Gasteiger partial charge in [-0.05, 0) is 12.2 Å². The maximum absolute atomic E-state index is 10.9. The van der Waals surface area contributed by atoms with Gasteiger partial charge in [-0.25, -0.2) is 0 Å². The number of hydrogen-bond acceptors (Lipinski definition) is 2. The van der Waals surface area contributed by atoms with Gasteiger partial charge in [0.2, 0.25) is 5.91 Å². The fourth-order valence-corrected chi connectivity index (χ4v) is 1.01. The van der Waals surface area contributed by atoms with Gasteiger partial charge < -0.3 is 4.90 Å². The highest BCUT2D eigenvalue weighted by atomic mass is 32.1. The van der Waals surface area contributed by atoms with Gasteiger partial charge in [0.15, 0.2) is 0 Å². The molecule has 0 aromatic rings. The SMILES string of the molecule is O=C(CCS)N1CCC1. The molecule has 1 heterocycles. The average molecular weight is 145 g/mol. The maximum Gasteiger partial charge on any atom is 0.223 e. The van der Waals surface area contributed by atoms with Gasteiger partial charge >= 0.3 is 0 Å². The molecule has 0 radical (unpaired) electrons. The van der Waals surface area contributed by atoms with E-state index in [0.29, 0.717) is 12.2 Å². The van der Waals surface area contributed by atoms with E-state index in [1.54, 1.807) is 0 Å². The molecule has 2 nitrogen and oxygen atoms in total. The summed E-state index contributed by atoms with van der Waals surface area (Å²) < 4.78 is 0. The number of carbonyl (C=O) groups excluding carboxylic acids is 1. The maximum atomic E-state index is 10.9. The zero-order valence-corrected chi connectivity index (χ0v) is 6.23. The standard InChI is InChI=1S/C6H11NOS/c8-6(2-5-9)7-3-1-4-7/h9H,1-5H2. The summed E-state index contributed by atoms with van der Waals surface area (Å²) >= 11 is 3.97. The minimum atomic E-state index is 0.260. The third kappa shape index (κ3) is 1.61. The minimum absolute atomic E-state index is 0.260. The van der Waals surface area contributed by atoms with Gasteiger partial charge in [0.25, 0.3) is 0 Å². The second-order valence-electron chi connectivity index (χ2n) is 2.21. The van der Waals surface area contributed by atoms with Crippen LogP contribution in [0.25, 0.3) is 0 Å². The lowest BCUT2D eigenvalue weighted by atomic mass is 10.2. The number of nitrogens with zero attached hydrogens (tertiary/aromatic N) is 1. The predicted octanol–water partition coefficient (Wildman–Crippen LogP) is 0.539. The molecule has 9 heavy (non-hydrogen) atoms. The van der Waals surface area contributed by atoms with Crippen molar-refractivity contribution in [3.05, 3.63) is 0 Å². The fourth-order valence-electron chi connectivity index (χ4n) is 0.819. The highest BCUT2D eigenvalue weighted by molar-refractivity contribution is 7.80. The molecule has 0 atom stereocenters. The van der Waals surface area contributed by atoms with Crippen molar-refractivity contribution >= 4 is 18.5 Å². The number of thiol groups is 1. The monoisotopic (exact) mass is 145 g/mol. The second-order valence-corrected chi connectivity index (χ2v) is 2.66. The van der Waals surface area contributed by atoms with Crippen LogP contribution >= 0.6 is 12.6 Å². The summed E-state index contributed by atoms with van der Waals surface area (Å²) in [4.78, 5) is 12.8. The van der Waals surface area contributed by atoms with E-state index >= 15 is 0 Å². The minimum Gasteiger partial charge on any atom is -0.343 e. The van der Waals surface area contributed by atoms with Crippen molar-refractivity contribution in [2.24, 2.45) is 0 Å². The molecule has 1 saturated heterocycles. The Balaban J connectivity index is 2.16. The van der Waals surface area contributed by atoms with Crippen molar-refractivity contribution in [1.29, 1.82) is 0 Å². The summed E-state index contributed by atoms with van der Waals surface area (Å²) in [6, 6.07) is 0. The molecule has 0 saturated carbocycles. The number of hydrogen-bond donors (Lipinski definition) is 1. The third-order valence-electron chi connectivity index (χ3n) is 1.53. The number of amides is 1. The van der Waals surface area contributed by atoms with Crippen LogP contribution in [0.2, 0.25) is 0 Å². The number of likely N-dealkylation sites (tertiary alicyclic amines) is 1. The molecule has 0 aromatic carbocycles. The van der Waals surface area contributed by atoms with Gasteiger partial charge in [0.05, 0.1) is 0 Å². The van der Waals surface area contributed by atoms with Gasteiger partial charge in [-0.2, -0.15) is 12.6 Å². The van der Waals surface area contributed by atoms with E-state index in [0.717, 1.165) is 13.1 Å². The Kier molecular flexibility index (Phi) is 2.39. The smallest absolute Gasteiger partial charge is 0.223 e. The lowest BCUT2D eigenvalue weighted by Gasteiger charge is -2.30. The Hall–Kier alpha value is -0.180. The van der Waals surface area contributed by atoms with E-state index < -0.39 is 0 Å². The molecular formula is C6H11NOS. The van der Waals surface area contributed by atoms with E-state index in [1.807, 2.05) is 4.90 Å². The van der Waals surface area contributed by atoms with Crippen molar-refractivity contribution in [3.8, 4) is 0 Å². The Morgan fingerprint density at radius 1 is 1.56 bits per heavy atom. The lowest BCUT2D eigenvalue weighted by molar-refractivity contribution is -0.134. The van der Waals surface area contributed by atoms with Crippen LogP contribution in [0.4, 0.5) is 0 Å². The molecule has 1 aliphatic rings. The summed E-state index contributed by atoms with van der Waals surface area (Å²) in [5.41, 5.74) is 0. The Morgan fingerprint density at radius 2 is 2.22 bits per heavy atom. The normalized spacial score (nSPS) is 17.2. The largest absolute Gasteiger partial charge is 0.343 e. The van der Waals surface area contributed by atoms with E-state index in [2.05, 4.69) is 12.6 Å². The number of carbonyl (C=O) groups is 1. The zero-order chi connectivity index (χ0) is 6.69. The Bertz CT molecular complexity index is 112. The van der Waals surface area contributed by atoms with Crippen LogP contribution in [-0.2, 0) is 4.79 Å². The third-order valence-corrected chi connectivity index (χ3v) is 1.76. The molecule has 1 rings (SSSR count). The van der Waals surface area contributed by atoms with Crippen LogP contribution in [0, 0.1) is 0 Å². The summed E-state index contributed by atoms with van der Waals surface area (Å²) in [6.07, 6.45) is 1.78. The lowest BCUT2D eigenvalue weighted by Crippen LogP contribution is -2.42. The molecule has 1 fully saturated rings. The molecule has 0 spiro atoms. The summed E-state index contributed by atoms with van der Waals surface area (Å²) in [7, 11) is 0. The summed E-state index contributed by atoms with van der Waals surface area (Å²) in [5, 5.41) is 0. The molecule has 0 unspecified atom stereocenters. The van der Waals surface area contributed by atoms with Gasteiger partial charge in [0, 0.05) is 19.5 Å². The van der Waals surface area contributed by atoms with E-state index in [1.165, 1.54) is 6.42 Å². The Morgan fingerprint density at radius 3 is 2.56 bits per heavy atom. The Labute approximate surface area is 60.6 Å². The van der Waals surface area contributed by atoms with Crippen molar-refractivity contribution in [3.63, 3.8) is 0 Å². The fraction of sp³-hybridized carbons (Fsp3) is 0.833. The van der Waals surface area contributed by atoms with Crippen LogP contribution in [0.15, 0.2) is 0 Å². The van der Waals surface area contributed by atoms with Crippen LogP contribution in [-0.4, -0.2) is 29.6 Å². The first-order valence-electron chi connectivity index (χ1n) is 3.23.